The van der Waals surface area contributed by atoms with E-state index < -0.39 is 0 Å². The monoisotopic (exact) mass is 342 g/mol. The second kappa shape index (κ2) is 6.75. The van der Waals surface area contributed by atoms with Gasteiger partial charge in [-0.2, -0.15) is 0 Å². The molecule has 1 saturated carbocycles. The predicted octanol–water partition coefficient (Wildman–Crippen LogP) is 2.95. The minimum absolute atomic E-state index is 0.0371. The maximum absolute atomic E-state index is 12.9. The number of hydrogen-bond donors (Lipinski definition) is 2. The first-order valence-electron chi connectivity index (χ1n) is 9.42. The lowest BCUT2D eigenvalue weighted by molar-refractivity contribution is 0.0946. The number of aromatic nitrogens is 2. The predicted molar refractivity (Wildman–Crippen MR) is 95.8 cm³/mol. The maximum Gasteiger partial charge on any atom is 0.259 e. The van der Waals surface area contributed by atoms with Crippen LogP contribution in [0.1, 0.15) is 73.1 Å². The highest BCUT2D eigenvalue weighted by Crippen LogP contribution is 2.41. The van der Waals surface area contributed by atoms with Gasteiger partial charge in [0.25, 0.3) is 11.6 Å². The maximum atomic E-state index is 12.9. The highest BCUT2D eigenvalue weighted by Gasteiger charge is 2.29. The summed E-state index contributed by atoms with van der Waals surface area (Å²) in [6, 6.07) is 1.96. The molecule has 6 nitrogen and oxygen atoms in total. The third-order valence-electron chi connectivity index (χ3n) is 5.23. The van der Waals surface area contributed by atoms with E-state index in [1.165, 1.54) is 6.42 Å². The van der Waals surface area contributed by atoms with Crippen molar-refractivity contribution in [1.82, 2.24) is 20.8 Å². The lowest BCUT2D eigenvalue weighted by Gasteiger charge is -2.23. The molecule has 0 bridgehead atoms. The largest absolute Gasteiger partial charge is 0.352 e. The Labute approximate surface area is 147 Å². The van der Waals surface area contributed by atoms with Gasteiger partial charge in [-0.1, -0.05) is 19.0 Å². The first-order chi connectivity index (χ1) is 12.1. The van der Waals surface area contributed by atoms with Gasteiger partial charge in [0.05, 0.1) is 16.6 Å². The average Bonchev–Trinajstić information content (AvgIpc) is 3.38. The highest BCUT2D eigenvalue weighted by molar-refractivity contribution is 6.06. The molecule has 2 aromatic heterocycles. The molecule has 2 fully saturated rings. The highest BCUT2D eigenvalue weighted by atomic mass is 16.5. The average molecular weight is 342 g/mol. The van der Waals surface area contributed by atoms with Crippen LogP contribution in [0.25, 0.3) is 11.1 Å². The zero-order valence-corrected chi connectivity index (χ0v) is 15.0. The molecule has 1 atom stereocenters. The lowest BCUT2D eigenvalue weighted by Crippen LogP contribution is -2.38. The van der Waals surface area contributed by atoms with E-state index in [9.17, 15) is 4.79 Å². The molecular formula is C19H26N4O2. The summed E-state index contributed by atoms with van der Waals surface area (Å²) in [6.07, 6.45) is 4.61. The van der Waals surface area contributed by atoms with Crippen LogP contribution in [0.2, 0.25) is 0 Å². The van der Waals surface area contributed by atoms with Crippen LogP contribution in [0.15, 0.2) is 10.6 Å². The van der Waals surface area contributed by atoms with Gasteiger partial charge >= 0.3 is 0 Å². The van der Waals surface area contributed by atoms with Crippen molar-refractivity contribution in [3.8, 4) is 0 Å². The fraction of sp³-hybridized carbons (Fsp3) is 0.632. The summed E-state index contributed by atoms with van der Waals surface area (Å²) in [7, 11) is 0. The second-order valence-electron chi connectivity index (χ2n) is 7.69. The Morgan fingerprint density at radius 2 is 2.24 bits per heavy atom. The Kier molecular flexibility index (Phi) is 4.46. The van der Waals surface area contributed by atoms with Crippen molar-refractivity contribution in [2.45, 2.75) is 51.4 Å². The summed E-state index contributed by atoms with van der Waals surface area (Å²) < 4.78 is 5.46. The smallest absolute Gasteiger partial charge is 0.259 e. The number of nitrogens with zero attached hydrogens (tertiary/aromatic N) is 2. The molecule has 0 aromatic carbocycles. The first-order valence-corrected chi connectivity index (χ1v) is 9.42. The van der Waals surface area contributed by atoms with Crippen LogP contribution >= 0.6 is 0 Å². The third kappa shape index (κ3) is 3.40. The lowest BCUT2D eigenvalue weighted by atomic mass is 9.99. The minimum Gasteiger partial charge on any atom is -0.352 e. The number of amides is 1. The molecule has 4 rings (SSSR count). The van der Waals surface area contributed by atoms with E-state index in [-0.39, 0.29) is 11.8 Å². The first kappa shape index (κ1) is 16.5. The third-order valence-corrected chi connectivity index (χ3v) is 5.23. The van der Waals surface area contributed by atoms with Gasteiger partial charge in [0, 0.05) is 18.2 Å². The van der Waals surface area contributed by atoms with E-state index in [1.54, 1.807) is 0 Å². The van der Waals surface area contributed by atoms with Crippen molar-refractivity contribution in [2.75, 3.05) is 19.6 Å². The fourth-order valence-corrected chi connectivity index (χ4v) is 3.58. The summed E-state index contributed by atoms with van der Waals surface area (Å²) in [5.74, 6) is 1.12. The number of nitrogens with one attached hydrogen (secondary N) is 2. The zero-order valence-electron chi connectivity index (χ0n) is 15.0. The molecule has 2 aromatic rings. The number of carbonyl (C=O) groups is 1. The van der Waals surface area contributed by atoms with Crippen LogP contribution in [-0.2, 0) is 0 Å². The van der Waals surface area contributed by atoms with Crippen molar-refractivity contribution in [3.63, 3.8) is 0 Å². The minimum atomic E-state index is -0.0371. The number of rotatable bonds is 5. The van der Waals surface area contributed by atoms with E-state index in [0.717, 1.165) is 49.1 Å². The summed E-state index contributed by atoms with van der Waals surface area (Å²) in [5, 5.41) is 11.5. The molecule has 0 radical (unpaired) electrons. The van der Waals surface area contributed by atoms with E-state index in [0.29, 0.717) is 29.7 Å². The van der Waals surface area contributed by atoms with E-state index in [4.69, 9.17) is 4.52 Å². The van der Waals surface area contributed by atoms with Gasteiger partial charge in [-0.05, 0) is 56.7 Å². The molecule has 1 aliphatic carbocycles. The Morgan fingerprint density at radius 3 is 2.92 bits per heavy atom. The van der Waals surface area contributed by atoms with Crippen LogP contribution in [0, 0.1) is 5.92 Å². The second-order valence-corrected chi connectivity index (χ2v) is 7.69. The molecule has 1 saturated heterocycles. The van der Waals surface area contributed by atoms with Gasteiger partial charge in [-0.25, -0.2) is 4.98 Å². The number of carbonyl (C=O) groups excluding carboxylic acids is 1. The van der Waals surface area contributed by atoms with Gasteiger partial charge in [0.15, 0.2) is 0 Å². The van der Waals surface area contributed by atoms with Crippen LogP contribution in [-0.4, -0.2) is 35.7 Å². The Balaban J connectivity index is 1.63. The molecular weight excluding hydrogens is 316 g/mol. The normalized spacial score (nSPS) is 21.0. The van der Waals surface area contributed by atoms with E-state index in [1.807, 2.05) is 6.07 Å². The SMILES string of the molecule is CC(C)c1noc2nc(C3CC3)cc(C(=O)NCC3CCCNC3)c12. The van der Waals surface area contributed by atoms with Crippen molar-refractivity contribution < 1.29 is 9.32 Å². The Hall–Kier alpha value is -1.95. The number of hydrogen-bond acceptors (Lipinski definition) is 5. The topological polar surface area (TPSA) is 80.0 Å². The number of pyridine rings is 1. The molecule has 6 heteroatoms. The summed E-state index contributed by atoms with van der Waals surface area (Å²) in [6.45, 7) is 6.88. The van der Waals surface area contributed by atoms with Crippen LogP contribution in [0.5, 0.6) is 0 Å². The van der Waals surface area contributed by atoms with Crippen LogP contribution in [0.3, 0.4) is 0 Å². The molecule has 25 heavy (non-hydrogen) atoms. The van der Waals surface area contributed by atoms with Crippen LogP contribution < -0.4 is 10.6 Å². The van der Waals surface area contributed by atoms with E-state index in [2.05, 4.69) is 34.6 Å². The molecule has 1 unspecified atom stereocenters. The van der Waals surface area contributed by atoms with Crippen molar-refractivity contribution in [1.29, 1.82) is 0 Å². The summed E-state index contributed by atoms with van der Waals surface area (Å²) >= 11 is 0. The Bertz CT molecular complexity index is 773. The van der Waals surface area contributed by atoms with E-state index >= 15 is 0 Å². The summed E-state index contributed by atoms with van der Waals surface area (Å²) in [5.41, 5.74) is 2.94. The van der Waals surface area contributed by atoms with Crippen molar-refractivity contribution in [3.05, 3.63) is 23.0 Å². The zero-order chi connectivity index (χ0) is 17.4. The van der Waals surface area contributed by atoms with Gasteiger partial charge in [0.2, 0.25) is 0 Å². The number of piperidine rings is 1. The summed E-state index contributed by atoms with van der Waals surface area (Å²) in [4.78, 5) is 17.6. The van der Waals surface area contributed by atoms with Crippen LogP contribution in [0.4, 0.5) is 0 Å². The van der Waals surface area contributed by atoms with Crippen molar-refractivity contribution >= 4 is 17.0 Å². The molecule has 2 aliphatic rings. The molecule has 0 spiro atoms. The quantitative estimate of drug-likeness (QED) is 0.873. The van der Waals surface area contributed by atoms with Gasteiger partial charge < -0.3 is 15.2 Å². The molecule has 2 N–H and O–H groups in total. The molecule has 134 valence electrons. The van der Waals surface area contributed by atoms with Gasteiger partial charge in [0.1, 0.15) is 0 Å². The number of fused-ring (bicyclic) bond motifs is 1. The molecule has 3 heterocycles. The Morgan fingerprint density at radius 1 is 1.40 bits per heavy atom. The molecule has 1 amide bonds. The fourth-order valence-electron chi connectivity index (χ4n) is 3.58. The van der Waals surface area contributed by atoms with Gasteiger partial charge in [-0.15, -0.1) is 0 Å². The molecule has 1 aliphatic heterocycles. The standard InChI is InChI=1S/C19H26N4O2/c1-11(2)17-16-14(18(24)21-10-12-4-3-7-20-9-12)8-15(13-5-6-13)22-19(16)25-23-17/h8,11-13,20H,3-7,9-10H2,1-2H3,(H,21,24). The van der Waals surface area contributed by atoms with Crippen molar-refractivity contribution in [2.24, 2.45) is 5.92 Å². The van der Waals surface area contributed by atoms with Gasteiger partial charge in [-0.3, -0.25) is 4.79 Å².